The van der Waals surface area contributed by atoms with E-state index >= 15 is 0 Å². The van der Waals surface area contributed by atoms with Gasteiger partial charge in [-0.3, -0.25) is 4.79 Å². The van der Waals surface area contributed by atoms with Crippen molar-refractivity contribution in [3.63, 3.8) is 0 Å². The Hall–Kier alpha value is -4.31. The van der Waals surface area contributed by atoms with Crippen LogP contribution in [-0.2, 0) is 14.8 Å². The smallest absolute Gasteiger partial charge is 0.265 e. The predicted molar refractivity (Wildman–Crippen MR) is 136 cm³/mol. The molecule has 0 aliphatic carbocycles. The summed E-state index contributed by atoms with van der Waals surface area (Å²) in [6, 6.07) is 20.7. The molecule has 36 heavy (non-hydrogen) atoms. The monoisotopic (exact) mass is 505 g/mol. The van der Waals surface area contributed by atoms with Crippen LogP contribution in [0.5, 0.6) is 0 Å². The molecule has 0 fully saturated rings. The second kappa shape index (κ2) is 10.5. The van der Waals surface area contributed by atoms with Crippen LogP contribution in [0, 0.1) is 19.7 Å². The number of carbonyl (C=O) groups excluding carboxylic acids is 1. The van der Waals surface area contributed by atoms with Gasteiger partial charge in [0.1, 0.15) is 18.2 Å². The number of pyridine rings is 1. The summed E-state index contributed by atoms with van der Waals surface area (Å²) >= 11 is 0. The Morgan fingerprint density at radius 2 is 1.75 bits per heavy atom. The van der Waals surface area contributed by atoms with E-state index in [-0.39, 0.29) is 16.5 Å². The molecule has 0 saturated carbocycles. The molecule has 0 spiro atoms. The first-order valence-corrected chi connectivity index (χ1v) is 12.5. The summed E-state index contributed by atoms with van der Waals surface area (Å²) < 4.78 is 42.7. The number of nitrogens with zero attached hydrogens (tertiary/aromatic N) is 4. The van der Waals surface area contributed by atoms with E-state index in [0.717, 1.165) is 26.9 Å². The van der Waals surface area contributed by atoms with Crippen LogP contribution in [0.25, 0.3) is 5.69 Å². The highest BCUT2D eigenvalue weighted by atomic mass is 32.2. The molecule has 0 aliphatic heterocycles. The first-order chi connectivity index (χ1) is 17.3. The van der Waals surface area contributed by atoms with Crippen LogP contribution >= 0.6 is 0 Å². The Bertz CT molecular complexity index is 1490. The number of nitrogens with one attached hydrogen (secondary N) is 1. The lowest BCUT2D eigenvalue weighted by atomic mass is 10.2. The minimum absolute atomic E-state index is 0.0418. The van der Waals surface area contributed by atoms with Crippen LogP contribution in [0.3, 0.4) is 0 Å². The van der Waals surface area contributed by atoms with Gasteiger partial charge in [-0.1, -0.05) is 24.3 Å². The minimum Gasteiger partial charge on any atom is -0.318 e. The second-order valence-electron chi connectivity index (χ2n) is 7.94. The average molecular weight is 506 g/mol. The summed E-state index contributed by atoms with van der Waals surface area (Å²) in [4.78, 5) is 16.9. The molecule has 1 amide bonds. The Kier molecular flexibility index (Phi) is 7.25. The van der Waals surface area contributed by atoms with E-state index in [1.54, 1.807) is 42.5 Å². The number of anilines is 1. The summed E-state index contributed by atoms with van der Waals surface area (Å²) in [7, 11) is -4.04. The fourth-order valence-corrected chi connectivity index (χ4v) is 5.15. The number of hydrazone groups is 1. The molecule has 4 rings (SSSR count). The topological polar surface area (TPSA) is 96.7 Å². The van der Waals surface area contributed by atoms with Crippen molar-refractivity contribution in [3.8, 4) is 5.69 Å². The lowest BCUT2D eigenvalue weighted by molar-refractivity contribution is -0.119. The highest BCUT2D eigenvalue weighted by Gasteiger charge is 2.27. The number of aromatic nitrogens is 2. The number of carbonyl (C=O) groups is 1. The van der Waals surface area contributed by atoms with E-state index in [2.05, 4.69) is 15.5 Å². The molecule has 0 unspecified atom stereocenters. The van der Waals surface area contributed by atoms with Gasteiger partial charge in [-0.05, 0) is 68.4 Å². The number of amides is 1. The van der Waals surface area contributed by atoms with E-state index < -0.39 is 22.5 Å². The van der Waals surface area contributed by atoms with Gasteiger partial charge in [-0.2, -0.15) is 5.10 Å². The zero-order chi connectivity index (χ0) is 25.7. The number of hydrogen-bond donors (Lipinski definition) is 1. The molecule has 2 aromatic carbocycles. The van der Waals surface area contributed by atoms with Gasteiger partial charge in [-0.15, -0.1) is 0 Å². The van der Waals surface area contributed by atoms with Crippen molar-refractivity contribution >= 4 is 28.0 Å². The van der Waals surface area contributed by atoms with E-state index in [0.29, 0.717) is 0 Å². The number of sulfonamides is 1. The minimum atomic E-state index is -4.04. The maximum absolute atomic E-state index is 13.3. The average Bonchev–Trinajstić information content (AvgIpc) is 3.16. The van der Waals surface area contributed by atoms with Crippen molar-refractivity contribution in [1.82, 2.24) is 15.0 Å². The van der Waals surface area contributed by atoms with Crippen LogP contribution in [0.1, 0.15) is 17.0 Å². The molecule has 0 saturated heterocycles. The predicted octanol–water partition coefficient (Wildman–Crippen LogP) is 3.97. The van der Waals surface area contributed by atoms with E-state index in [1.165, 1.54) is 42.7 Å². The third-order valence-corrected chi connectivity index (χ3v) is 7.24. The van der Waals surface area contributed by atoms with Gasteiger partial charge in [-0.25, -0.2) is 27.5 Å². The van der Waals surface area contributed by atoms with Gasteiger partial charge < -0.3 is 4.57 Å². The standard InChI is InChI=1S/C26H24FN5O3S/c1-19-16-21(20(2)32(19)23-13-11-22(27)12-14-23)17-29-30-26(33)18-31(25-10-6-7-15-28-25)36(34,35)24-8-4-3-5-9-24/h3-17H,18H2,1-2H3,(H,30,33)/b29-17+. The molecule has 184 valence electrons. The lowest BCUT2D eigenvalue weighted by Crippen LogP contribution is -2.40. The first-order valence-electron chi connectivity index (χ1n) is 11.0. The molecule has 2 aromatic heterocycles. The third kappa shape index (κ3) is 5.33. The highest BCUT2D eigenvalue weighted by Crippen LogP contribution is 2.22. The molecule has 1 N–H and O–H groups in total. The lowest BCUT2D eigenvalue weighted by Gasteiger charge is -2.22. The summed E-state index contributed by atoms with van der Waals surface area (Å²) in [5.74, 6) is -0.841. The van der Waals surface area contributed by atoms with Crippen molar-refractivity contribution in [2.45, 2.75) is 18.7 Å². The zero-order valence-corrected chi connectivity index (χ0v) is 20.5. The van der Waals surface area contributed by atoms with Crippen LogP contribution in [0.15, 0.2) is 95.1 Å². The van der Waals surface area contributed by atoms with Crippen molar-refractivity contribution in [2.24, 2.45) is 5.10 Å². The summed E-state index contributed by atoms with van der Waals surface area (Å²) in [5, 5.41) is 4.03. The van der Waals surface area contributed by atoms with Crippen LogP contribution in [0.2, 0.25) is 0 Å². The molecule has 2 heterocycles. The summed E-state index contributed by atoms with van der Waals surface area (Å²) in [6.45, 7) is 3.28. The number of hydrogen-bond acceptors (Lipinski definition) is 5. The molecule has 0 aliphatic rings. The maximum Gasteiger partial charge on any atom is 0.265 e. The molecule has 0 radical (unpaired) electrons. The second-order valence-corrected chi connectivity index (χ2v) is 9.81. The summed E-state index contributed by atoms with van der Waals surface area (Å²) in [5.41, 5.74) is 5.69. The number of benzene rings is 2. The van der Waals surface area contributed by atoms with E-state index in [1.807, 2.05) is 24.5 Å². The fourth-order valence-electron chi connectivity index (χ4n) is 3.76. The molecule has 4 aromatic rings. The highest BCUT2D eigenvalue weighted by molar-refractivity contribution is 7.92. The van der Waals surface area contributed by atoms with Crippen molar-refractivity contribution in [3.05, 3.63) is 108 Å². The SMILES string of the molecule is Cc1cc(/C=N/NC(=O)CN(c2ccccn2)S(=O)(=O)c2ccccc2)c(C)n1-c1ccc(F)cc1. The largest absolute Gasteiger partial charge is 0.318 e. The Balaban J connectivity index is 1.52. The fraction of sp³-hybridized carbons (Fsp3) is 0.115. The molecule has 0 atom stereocenters. The van der Waals surface area contributed by atoms with Gasteiger partial charge in [0.15, 0.2) is 0 Å². The molecule has 0 bridgehead atoms. The Morgan fingerprint density at radius 1 is 1.06 bits per heavy atom. The van der Waals surface area contributed by atoms with E-state index in [9.17, 15) is 17.6 Å². The van der Waals surface area contributed by atoms with Gasteiger partial charge in [0.2, 0.25) is 0 Å². The van der Waals surface area contributed by atoms with Crippen LogP contribution < -0.4 is 9.73 Å². The quantitative estimate of drug-likeness (QED) is 0.289. The molecule has 10 heteroatoms. The van der Waals surface area contributed by atoms with Gasteiger partial charge >= 0.3 is 0 Å². The Labute approximate surface area is 208 Å². The van der Waals surface area contributed by atoms with Crippen LogP contribution in [-0.4, -0.2) is 36.6 Å². The number of rotatable bonds is 8. The van der Waals surface area contributed by atoms with Crippen LogP contribution in [0.4, 0.5) is 10.2 Å². The summed E-state index contributed by atoms with van der Waals surface area (Å²) in [6.07, 6.45) is 2.94. The molecular formula is C26H24FN5O3S. The van der Waals surface area contributed by atoms with Crippen molar-refractivity contribution < 1.29 is 17.6 Å². The zero-order valence-electron chi connectivity index (χ0n) is 19.7. The van der Waals surface area contributed by atoms with Gasteiger partial charge in [0, 0.05) is 28.8 Å². The van der Waals surface area contributed by atoms with Gasteiger partial charge in [0.25, 0.3) is 15.9 Å². The maximum atomic E-state index is 13.3. The first kappa shape index (κ1) is 24.8. The van der Waals surface area contributed by atoms with Crippen molar-refractivity contribution in [1.29, 1.82) is 0 Å². The third-order valence-electron chi connectivity index (χ3n) is 5.47. The molecule has 8 nitrogen and oxygen atoms in total. The normalized spacial score (nSPS) is 11.5. The number of aryl methyl sites for hydroxylation is 1. The van der Waals surface area contributed by atoms with Gasteiger partial charge in [0.05, 0.1) is 11.1 Å². The number of halogens is 1. The van der Waals surface area contributed by atoms with Crippen molar-refractivity contribution in [2.75, 3.05) is 10.8 Å². The molecular weight excluding hydrogens is 481 g/mol. The Morgan fingerprint density at radius 3 is 2.42 bits per heavy atom. The van der Waals surface area contributed by atoms with E-state index in [4.69, 9.17) is 0 Å².